The van der Waals surface area contributed by atoms with E-state index in [1.165, 1.54) is 12.1 Å². The maximum atomic E-state index is 10.7. The van der Waals surface area contributed by atoms with Gasteiger partial charge in [0.15, 0.2) is 0 Å². The van der Waals surface area contributed by atoms with Crippen LogP contribution in [0.3, 0.4) is 0 Å². The Labute approximate surface area is 121 Å². The summed E-state index contributed by atoms with van der Waals surface area (Å²) in [7, 11) is 0. The van der Waals surface area contributed by atoms with Gasteiger partial charge in [0.05, 0.1) is 5.69 Å². The Kier molecular flexibility index (Phi) is 4.38. The Morgan fingerprint density at radius 1 is 1.39 bits per heavy atom. The molecule has 1 saturated heterocycles. The third kappa shape index (κ3) is 3.29. The highest BCUT2D eigenvalue weighted by atomic mass is 79.9. The molecule has 2 rings (SSSR count). The lowest BCUT2D eigenvalue weighted by Crippen LogP contribution is -2.27. The maximum Gasteiger partial charge on any atom is 0.150 e. The van der Waals surface area contributed by atoms with Gasteiger partial charge in [-0.2, -0.15) is 11.8 Å². The molecule has 0 spiro atoms. The van der Waals surface area contributed by atoms with E-state index in [4.69, 9.17) is 0 Å². The van der Waals surface area contributed by atoms with E-state index in [1.54, 1.807) is 0 Å². The van der Waals surface area contributed by atoms with Crippen molar-refractivity contribution in [3.8, 4) is 0 Å². The third-order valence-corrected chi connectivity index (χ3v) is 5.29. The van der Waals surface area contributed by atoms with E-state index < -0.39 is 0 Å². The average molecular weight is 328 g/mol. The molecule has 0 atom stereocenters. The number of halogens is 1. The summed E-state index contributed by atoms with van der Waals surface area (Å²) in [6, 6.07) is 5.82. The van der Waals surface area contributed by atoms with E-state index in [0.29, 0.717) is 4.75 Å². The van der Waals surface area contributed by atoms with Crippen LogP contribution < -0.4 is 4.90 Å². The molecule has 4 heteroatoms. The Hall–Kier alpha value is -0.480. The molecule has 1 aliphatic rings. The summed E-state index contributed by atoms with van der Waals surface area (Å²) in [5.74, 6) is 1.15. The Balaban J connectivity index is 2.18. The van der Waals surface area contributed by atoms with Crippen LogP contribution in [0.1, 0.15) is 30.6 Å². The van der Waals surface area contributed by atoms with Crippen LogP contribution in [0.4, 0.5) is 5.69 Å². The molecule has 0 bridgehead atoms. The number of rotatable bonds is 2. The second-order valence-electron chi connectivity index (χ2n) is 5.17. The number of thioether (sulfide) groups is 1. The molecule has 0 aromatic heterocycles. The Bertz CT molecular complexity index is 447. The molecule has 1 aromatic carbocycles. The van der Waals surface area contributed by atoms with Gasteiger partial charge in [-0.1, -0.05) is 13.8 Å². The minimum Gasteiger partial charge on any atom is -0.370 e. The molecule has 1 heterocycles. The monoisotopic (exact) mass is 327 g/mol. The van der Waals surface area contributed by atoms with Crippen LogP contribution >= 0.6 is 27.7 Å². The number of aldehydes is 1. The van der Waals surface area contributed by atoms with Crippen LogP contribution in [0.15, 0.2) is 22.7 Å². The van der Waals surface area contributed by atoms with Crippen molar-refractivity contribution < 1.29 is 4.79 Å². The predicted molar refractivity (Wildman–Crippen MR) is 82.9 cm³/mol. The summed E-state index contributed by atoms with van der Waals surface area (Å²) in [6.45, 7) is 6.75. The van der Waals surface area contributed by atoms with Gasteiger partial charge in [0.2, 0.25) is 0 Å². The molecule has 0 aliphatic carbocycles. The minimum absolute atomic E-state index is 0.365. The summed E-state index contributed by atoms with van der Waals surface area (Å²) < 4.78 is 1.38. The van der Waals surface area contributed by atoms with Crippen molar-refractivity contribution >= 4 is 39.7 Å². The first-order valence-electron chi connectivity index (χ1n) is 6.15. The number of nitrogens with zero attached hydrogens (tertiary/aromatic N) is 1. The second-order valence-corrected chi connectivity index (χ2v) is 7.83. The molecule has 1 aromatic rings. The van der Waals surface area contributed by atoms with Crippen molar-refractivity contribution in [3.05, 3.63) is 28.2 Å². The molecule has 0 radical (unpaired) electrons. The van der Waals surface area contributed by atoms with Crippen LogP contribution in [-0.2, 0) is 0 Å². The zero-order chi connectivity index (χ0) is 13.2. The van der Waals surface area contributed by atoms with Crippen molar-refractivity contribution in [1.82, 2.24) is 0 Å². The Morgan fingerprint density at radius 2 is 2.17 bits per heavy atom. The third-order valence-electron chi connectivity index (χ3n) is 3.29. The predicted octanol–water partition coefficient (Wildman–Crippen LogP) is 3.98. The van der Waals surface area contributed by atoms with Crippen molar-refractivity contribution in [2.75, 3.05) is 23.7 Å². The molecule has 0 N–H and O–H groups in total. The second kappa shape index (κ2) is 5.66. The first-order valence-corrected chi connectivity index (χ1v) is 7.93. The highest BCUT2D eigenvalue weighted by molar-refractivity contribution is 9.10. The molecule has 0 unspecified atom stereocenters. The van der Waals surface area contributed by atoms with E-state index in [9.17, 15) is 4.79 Å². The topological polar surface area (TPSA) is 20.3 Å². The quantitative estimate of drug-likeness (QED) is 0.766. The van der Waals surface area contributed by atoms with Gasteiger partial charge in [-0.15, -0.1) is 0 Å². The van der Waals surface area contributed by atoms with Gasteiger partial charge >= 0.3 is 0 Å². The summed E-state index contributed by atoms with van der Waals surface area (Å²) in [5.41, 5.74) is 1.91. The molecule has 98 valence electrons. The zero-order valence-corrected chi connectivity index (χ0v) is 13.2. The van der Waals surface area contributed by atoms with Crippen molar-refractivity contribution in [3.63, 3.8) is 0 Å². The smallest absolute Gasteiger partial charge is 0.150 e. The lowest BCUT2D eigenvalue weighted by atomic mass is 10.1. The molecule has 0 saturated carbocycles. The van der Waals surface area contributed by atoms with E-state index in [2.05, 4.69) is 34.7 Å². The van der Waals surface area contributed by atoms with Crippen LogP contribution in [-0.4, -0.2) is 29.9 Å². The minimum atomic E-state index is 0.365. The number of carbonyl (C=O) groups is 1. The van der Waals surface area contributed by atoms with E-state index in [-0.39, 0.29) is 0 Å². The summed E-state index contributed by atoms with van der Waals surface area (Å²) in [5, 5.41) is 0. The fourth-order valence-corrected chi connectivity index (χ4v) is 3.86. The van der Waals surface area contributed by atoms with Crippen molar-refractivity contribution in [1.29, 1.82) is 0 Å². The zero-order valence-electron chi connectivity index (χ0n) is 10.8. The molecule has 1 fully saturated rings. The number of hydrogen-bond donors (Lipinski definition) is 0. The van der Waals surface area contributed by atoms with E-state index in [0.717, 1.165) is 35.2 Å². The molecule has 0 amide bonds. The molecule has 1 aliphatic heterocycles. The van der Waals surface area contributed by atoms with Crippen LogP contribution in [0.2, 0.25) is 0 Å². The number of carbonyl (C=O) groups excluding carboxylic acids is 1. The summed E-state index contributed by atoms with van der Waals surface area (Å²) in [4.78, 5) is 13.2. The van der Waals surface area contributed by atoms with E-state index >= 15 is 0 Å². The van der Waals surface area contributed by atoms with Crippen LogP contribution in [0.25, 0.3) is 0 Å². The normalized spacial score (nSPS) is 19.4. The number of benzene rings is 1. The SMILES string of the molecule is CC1(C)CCN(c2ccc(C=O)cc2Br)CCS1. The first kappa shape index (κ1) is 13.9. The van der Waals surface area contributed by atoms with Crippen molar-refractivity contribution in [2.45, 2.75) is 25.0 Å². The van der Waals surface area contributed by atoms with Gasteiger partial charge < -0.3 is 4.90 Å². The highest BCUT2D eigenvalue weighted by Gasteiger charge is 2.24. The number of anilines is 1. The van der Waals surface area contributed by atoms with Crippen LogP contribution in [0.5, 0.6) is 0 Å². The first-order chi connectivity index (χ1) is 8.52. The fraction of sp³-hybridized carbons (Fsp3) is 0.500. The van der Waals surface area contributed by atoms with Gasteiger partial charge in [-0.05, 0) is 40.5 Å². The maximum absolute atomic E-state index is 10.7. The Morgan fingerprint density at radius 3 is 2.83 bits per heavy atom. The lowest BCUT2D eigenvalue weighted by Gasteiger charge is -2.25. The standard InChI is InChI=1S/C14H18BrNOS/c1-14(2)5-6-16(7-8-18-14)13-4-3-11(10-17)9-12(13)15/h3-4,9-10H,5-8H2,1-2H3. The van der Waals surface area contributed by atoms with E-state index in [1.807, 2.05) is 30.0 Å². The van der Waals surface area contributed by atoms with Gasteiger partial charge in [0.25, 0.3) is 0 Å². The van der Waals surface area contributed by atoms with Crippen molar-refractivity contribution in [2.24, 2.45) is 0 Å². The summed E-state index contributed by atoms with van der Waals surface area (Å²) in [6.07, 6.45) is 2.06. The largest absolute Gasteiger partial charge is 0.370 e. The summed E-state index contributed by atoms with van der Waals surface area (Å²) >= 11 is 5.61. The van der Waals surface area contributed by atoms with Gasteiger partial charge in [-0.3, -0.25) is 4.79 Å². The van der Waals surface area contributed by atoms with Gasteiger partial charge in [0, 0.05) is 33.6 Å². The number of hydrogen-bond acceptors (Lipinski definition) is 3. The average Bonchev–Trinajstić information content (AvgIpc) is 2.50. The van der Waals surface area contributed by atoms with Crippen LogP contribution in [0, 0.1) is 0 Å². The highest BCUT2D eigenvalue weighted by Crippen LogP contribution is 2.34. The van der Waals surface area contributed by atoms with Gasteiger partial charge in [0.1, 0.15) is 6.29 Å². The molecule has 18 heavy (non-hydrogen) atoms. The van der Waals surface area contributed by atoms with Gasteiger partial charge in [-0.25, -0.2) is 0 Å². The fourth-order valence-electron chi connectivity index (χ4n) is 2.11. The molecular formula is C14H18BrNOS. The lowest BCUT2D eigenvalue weighted by molar-refractivity contribution is 0.112. The molecular weight excluding hydrogens is 310 g/mol. The molecule has 2 nitrogen and oxygen atoms in total.